The molecule has 3 rings (SSSR count). The van der Waals surface area contributed by atoms with Crippen LogP contribution < -0.4 is 16.0 Å². The predicted molar refractivity (Wildman–Crippen MR) is 121 cm³/mol. The molecule has 2 heterocycles. The van der Waals surface area contributed by atoms with Crippen molar-refractivity contribution in [1.29, 1.82) is 0 Å². The van der Waals surface area contributed by atoms with E-state index in [1.165, 1.54) is 4.57 Å². The number of hydrogen-bond donors (Lipinski definition) is 1. The standard InChI is InChI=1S/C23H32N4O4/c1-15(2)10-25-14-24-21-20(25)22(29)27(23(30)26(21)11-16(3)4)12-18(28)13-31-19-8-6-7-17(5)9-19/h6-9,14-16,18,28H,10-13H2,1-5H3. The van der Waals surface area contributed by atoms with Crippen LogP contribution in [0.5, 0.6) is 5.75 Å². The lowest BCUT2D eigenvalue weighted by Gasteiger charge is -2.17. The largest absolute Gasteiger partial charge is 0.491 e. The zero-order chi connectivity index (χ0) is 22.7. The smallest absolute Gasteiger partial charge is 0.332 e. The number of benzene rings is 1. The number of hydrogen-bond acceptors (Lipinski definition) is 5. The summed E-state index contributed by atoms with van der Waals surface area (Å²) < 4.78 is 10.1. The summed E-state index contributed by atoms with van der Waals surface area (Å²) in [7, 11) is 0. The van der Waals surface area contributed by atoms with Crippen LogP contribution in [0.15, 0.2) is 40.2 Å². The number of aryl methyl sites for hydroxylation is 1. The minimum atomic E-state index is -1.02. The third-order valence-electron chi connectivity index (χ3n) is 4.92. The van der Waals surface area contributed by atoms with E-state index in [1.54, 1.807) is 17.0 Å². The summed E-state index contributed by atoms with van der Waals surface area (Å²) in [4.78, 5) is 30.8. The number of aromatic nitrogens is 4. The van der Waals surface area contributed by atoms with Crippen molar-refractivity contribution in [3.8, 4) is 5.75 Å². The Hall–Kier alpha value is -2.87. The second kappa shape index (κ2) is 9.51. The van der Waals surface area contributed by atoms with Crippen LogP contribution in [0.1, 0.15) is 33.3 Å². The average molecular weight is 429 g/mol. The Kier molecular flexibility index (Phi) is 7.00. The van der Waals surface area contributed by atoms with Crippen LogP contribution in [-0.2, 0) is 19.6 Å². The summed E-state index contributed by atoms with van der Waals surface area (Å²) >= 11 is 0. The first-order valence-electron chi connectivity index (χ1n) is 10.7. The highest BCUT2D eigenvalue weighted by Crippen LogP contribution is 2.13. The second-order valence-electron chi connectivity index (χ2n) is 8.95. The highest BCUT2D eigenvalue weighted by atomic mass is 16.5. The Morgan fingerprint density at radius 2 is 1.74 bits per heavy atom. The van der Waals surface area contributed by atoms with Gasteiger partial charge in [0.15, 0.2) is 11.2 Å². The Balaban J connectivity index is 1.96. The molecule has 1 unspecified atom stereocenters. The van der Waals surface area contributed by atoms with Gasteiger partial charge in [0.2, 0.25) is 0 Å². The molecule has 0 bridgehead atoms. The zero-order valence-corrected chi connectivity index (χ0v) is 18.9. The van der Waals surface area contributed by atoms with E-state index < -0.39 is 17.4 Å². The van der Waals surface area contributed by atoms with Crippen molar-refractivity contribution in [1.82, 2.24) is 18.7 Å². The monoisotopic (exact) mass is 428 g/mol. The molecule has 0 aliphatic carbocycles. The number of rotatable bonds is 9. The third kappa shape index (κ3) is 5.25. The van der Waals surface area contributed by atoms with Crippen molar-refractivity contribution in [3.05, 3.63) is 57.0 Å². The van der Waals surface area contributed by atoms with E-state index in [2.05, 4.69) is 18.8 Å². The molecule has 0 saturated heterocycles. The van der Waals surface area contributed by atoms with Crippen LogP contribution in [0.2, 0.25) is 0 Å². The fourth-order valence-corrected chi connectivity index (χ4v) is 3.62. The third-order valence-corrected chi connectivity index (χ3v) is 4.92. The molecule has 1 N–H and O–H groups in total. The molecule has 8 heteroatoms. The van der Waals surface area contributed by atoms with Gasteiger partial charge in [0.05, 0.1) is 12.9 Å². The summed E-state index contributed by atoms with van der Waals surface area (Å²) in [6.45, 7) is 11.0. The molecule has 0 radical (unpaired) electrons. The minimum Gasteiger partial charge on any atom is -0.491 e. The van der Waals surface area contributed by atoms with E-state index in [0.29, 0.717) is 35.9 Å². The minimum absolute atomic E-state index is 0.0250. The molecule has 0 spiro atoms. The summed E-state index contributed by atoms with van der Waals surface area (Å²) in [5.41, 5.74) is 0.930. The lowest BCUT2D eigenvalue weighted by atomic mass is 10.2. The summed E-state index contributed by atoms with van der Waals surface area (Å²) in [6.07, 6.45) is 0.599. The zero-order valence-electron chi connectivity index (χ0n) is 18.9. The molecule has 0 amide bonds. The van der Waals surface area contributed by atoms with Crippen LogP contribution in [0, 0.1) is 18.8 Å². The van der Waals surface area contributed by atoms with E-state index in [-0.39, 0.29) is 19.1 Å². The van der Waals surface area contributed by atoms with E-state index in [0.717, 1.165) is 10.1 Å². The molecular formula is C23H32N4O4. The van der Waals surface area contributed by atoms with E-state index in [4.69, 9.17) is 4.74 Å². The molecule has 1 aromatic carbocycles. The van der Waals surface area contributed by atoms with Crippen LogP contribution in [-0.4, -0.2) is 36.5 Å². The van der Waals surface area contributed by atoms with Crippen molar-refractivity contribution >= 4 is 11.2 Å². The average Bonchev–Trinajstić information content (AvgIpc) is 3.09. The van der Waals surface area contributed by atoms with Gasteiger partial charge in [-0.15, -0.1) is 0 Å². The van der Waals surface area contributed by atoms with Gasteiger partial charge in [0.25, 0.3) is 5.56 Å². The van der Waals surface area contributed by atoms with Crippen LogP contribution in [0.25, 0.3) is 11.2 Å². The highest BCUT2D eigenvalue weighted by Gasteiger charge is 2.21. The fourth-order valence-electron chi connectivity index (χ4n) is 3.62. The molecule has 8 nitrogen and oxygen atoms in total. The van der Waals surface area contributed by atoms with Crippen molar-refractivity contribution in [3.63, 3.8) is 0 Å². The summed E-state index contributed by atoms with van der Waals surface area (Å²) in [6, 6.07) is 7.49. The highest BCUT2D eigenvalue weighted by molar-refractivity contribution is 5.70. The fraction of sp³-hybridized carbons (Fsp3) is 0.522. The normalized spacial score (nSPS) is 12.8. The molecule has 0 aliphatic rings. The van der Waals surface area contributed by atoms with Gasteiger partial charge in [-0.2, -0.15) is 0 Å². The molecule has 0 fully saturated rings. The van der Waals surface area contributed by atoms with Crippen molar-refractivity contribution in [2.75, 3.05) is 6.61 Å². The maximum Gasteiger partial charge on any atom is 0.332 e. The van der Waals surface area contributed by atoms with Gasteiger partial charge in [-0.05, 0) is 36.5 Å². The number of aliphatic hydroxyl groups is 1. The van der Waals surface area contributed by atoms with Gasteiger partial charge in [0, 0.05) is 13.1 Å². The van der Waals surface area contributed by atoms with E-state index in [1.807, 2.05) is 39.0 Å². The van der Waals surface area contributed by atoms with Crippen LogP contribution >= 0.6 is 0 Å². The Labute approximate surface area is 181 Å². The van der Waals surface area contributed by atoms with Gasteiger partial charge in [0.1, 0.15) is 18.5 Å². The maximum absolute atomic E-state index is 13.2. The lowest BCUT2D eigenvalue weighted by Crippen LogP contribution is -2.44. The predicted octanol–water partition coefficient (Wildman–Crippen LogP) is 2.42. The first-order valence-corrected chi connectivity index (χ1v) is 10.7. The molecule has 2 aromatic heterocycles. The SMILES string of the molecule is Cc1cccc(OCC(O)Cn2c(=O)c3c(ncn3CC(C)C)n(CC(C)C)c2=O)c1. The Morgan fingerprint density at radius 3 is 2.39 bits per heavy atom. The Morgan fingerprint density at radius 1 is 1.03 bits per heavy atom. The summed E-state index contributed by atoms with van der Waals surface area (Å²) in [5, 5.41) is 10.5. The van der Waals surface area contributed by atoms with Crippen molar-refractivity contribution in [2.24, 2.45) is 11.8 Å². The molecule has 0 aliphatic heterocycles. The topological polar surface area (TPSA) is 91.3 Å². The van der Waals surface area contributed by atoms with Gasteiger partial charge < -0.3 is 14.4 Å². The van der Waals surface area contributed by atoms with Crippen LogP contribution in [0.4, 0.5) is 0 Å². The molecule has 3 aromatic rings. The molecule has 1 atom stereocenters. The number of imidazole rings is 1. The number of ether oxygens (including phenoxy) is 1. The van der Waals surface area contributed by atoms with Crippen molar-refractivity contribution in [2.45, 2.75) is 60.4 Å². The lowest BCUT2D eigenvalue weighted by molar-refractivity contribution is 0.0901. The van der Waals surface area contributed by atoms with Gasteiger partial charge >= 0.3 is 5.69 Å². The van der Waals surface area contributed by atoms with Gasteiger partial charge in [-0.25, -0.2) is 9.78 Å². The Bertz CT molecular complexity index is 1160. The molecular weight excluding hydrogens is 396 g/mol. The molecule has 0 saturated carbocycles. The van der Waals surface area contributed by atoms with Gasteiger partial charge in [-0.1, -0.05) is 39.8 Å². The van der Waals surface area contributed by atoms with Crippen molar-refractivity contribution < 1.29 is 9.84 Å². The second-order valence-corrected chi connectivity index (χ2v) is 8.95. The number of aliphatic hydroxyl groups excluding tert-OH is 1. The molecule has 168 valence electrons. The molecule has 31 heavy (non-hydrogen) atoms. The number of fused-ring (bicyclic) bond motifs is 1. The summed E-state index contributed by atoms with van der Waals surface area (Å²) in [5.74, 6) is 1.13. The van der Waals surface area contributed by atoms with E-state index in [9.17, 15) is 14.7 Å². The first kappa shape index (κ1) is 22.8. The van der Waals surface area contributed by atoms with E-state index >= 15 is 0 Å². The maximum atomic E-state index is 13.2. The van der Waals surface area contributed by atoms with Gasteiger partial charge in [-0.3, -0.25) is 13.9 Å². The number of nitrogens with zero attached hydrogens (tertiary/aromatic N) is 4. The quantitative estimate of drug-likeness (QED) is 0.565. The van der Waals surface area contributed by atoms with Crippen LogP contribution in [0.3, 0.4) is 0 Å². The first-order chi connectivity index (χ1) is 14.7.